The molecule has 0 radical (unpaired) electrons. The number of halogens is 1. The maximum Gasteiger partial charge on any atom is 0.266 e. The van der Waals surface area contributed by atoms with Gasteiger partial charge in [-0.05, 0) is 42.7 Å². The highest BCUT2D eigenvalue weighted by Gasteiger charge is 2.32. The third-order valence-corrected chi connectivity index (χ3v) is 6.83. The van der Waals surface area contributed by atoms with E-state index in [4.69, 9.17) is 20.4 Å². The van der Waals surface area contributed by atoms with Crippen molar-refractivity contribution in [2.75, 3.05) is 44.2 Å². The van der Waals surface area contributed by atoms with Gasteiger partial charge in [0.1, 0.15) is 6.07 Å². The number of anilines is 1. The molecular formula is C25H26ClN5O3. The molecule has 0 bridgehead atoms. The molecule has 2 aromatic heterocycles. The Morgan fingerprint density at radius 2 is 1.82 bits per heavy atom. The molecule has 176 valence electrons. The number of carbonyl (C=O) groups excluding carboxylic acids is 1. The van der Waals surface area contributed by atoms with Crippen LogP contribution in [-0.2, 0) is 11.3 Å². The average Bonchev–Trinajstić information content (AvgIpc) is 3.56. The van der Waals surface area contributed by atoms with Crippen molar-refractivity contribution in [3.63, 3.8) is 0 Å². The van der Waals surface area contributed by atoms with Gasteiger partial charge in [-0.2, -0.15) is 10.2 Å². The van der Waals surface area contributed by atoms with E-state index in [1.807, 2.05) is 21.9 Å². The van der Waals surface area contributed by atoms with Crippen molar-refractivity contribution < 1.29 is 13.6 Å². The Morgan fingerprint density at radius 1 is 1.09 bits per heavy atom. The van der Waals surface area contributed by atoms with Gasteiger partial charge in [-0.3, -0.25) is 9.69 Å². The molecule has 2 aliphatic heterocycles. The first-order valence-corrected chi connectivity index (χ1v) is 11.9. The van der Waals surface area contributed by atoms with Crippen LogP contribution in [-0.4, -0.2) is 60.0 Å². The fourth-order valence-electron chi connectivity index (χ4n) is 4.67. The summed E-state index contributed by atoms with van der Waals surface area (Å²) in [5.41, 5.74) is 1.48. The van der Waals surface area contributed by atoms with Gasteiger partial charge in [0.05, 0.1) is 6.26 Å². The number of hydrogen-bond acceptors (Lipinski definition) is 7. The van der Waals surface area contributed by atoms with Crippen molar-refractivity contribution in [3.05, 3.63) is 58.9 Å². The van der Waals surface area contributed by atoms with Gasteiger partial charge < -0.3 is 18.6 Å². The van der Waals surface area contributed by atoms with Gasteiger partial charge in [0, 0.05) is 56.8 Å². The van der Waals surface area contributed by atoms with Gasteiger partial charge >= 0.3 is 0 Å². The third kappa shape index (κ3) is 4.81. The third-order valence-electron chi connectivity index (χ3n) is 6.58. The van der Waals surface area contributed by atoms with Crippen LogP contribution in [0.3, 0.4) is 0 Å². The number of amides is 1. The van der Waals surface area contributed by atoms with E-state index in [0.717, 1.165) is 50.6 Å². The van der Waals surface area contributed by atoms with Crippen molar-refractivity contribution in [3.8, 4) is 17.7 Å². The average molecular weight is 480 g/mol. The number of rotatable bonds is 5. The lowest BCUT2D eigenvalue weighted by atomic mass is 9.95. The van der Waals surface area contributed by atoms with Gasteiger partial charge in [-0.1, -0.05) is 23.7 Å². The maximum atomic E-state index is 13.2. The van der Waals surface area contributed by atoms with E-state index >= 15 is 0 Å². The Morgan fingerprint density at radius 3 is 2.47 bits per heavy atom. The lowest BCUT2D eigenvalue weighted by Gasteiger charge is -2.38. The van der Waals surface area contributed by atoms with E-state index in [2.05, 4.69) is 28.1 Å². The van der Waals surface area contributed by atoms with E-state index in [9.17, 15) is 10.1 Å². The van der Waals surface area contributed by atoms with E-state index < -0.39 is 0 Å². The van der Waals surface area contributed by atoms with Crippen LogP contribution in [0.25, 0.3) is 11.7 Å². The molecule has 4 heterocycles. The lowest BCUT2D eigenvalue weighted by molar-refractivity contribution is -0.138. The van der Waals surface area contributed by atoms with Crippen molar-refractivity contribution in [1.29, 1.82) is 5.26 Å². The molecule has 8 nitrogen and oxygen atoms in total. The summed E-state index contributed by atoms with van der Waals surface area (Å²) in [7, 11) is 0. The number of hydrogen-bond donors (Lipinski definition) is 0. The molecule has 0 unspecified atom stereocenters. The van der Waals surface area contributed by atoms with Crippen LogP contribution in [0.5, 0.6) is 0 Å². The second kappa shape index (κ2) is 9.92. The Bertz CT molecular complexity index is 1150. The number of piperazine rings is 1. The minimum Gasteiger partial charge on any atom is -0.459 e. The van der Waals surface area contributed by atoms with Gasteiger partial charge in [0.2, 0.25) is 17.5 Å². The molecular weight excluding hydrogens is 454 g/mol. The summed E-state index contributed by atoms with van der Waals surface area (Å²) in [4.78, 5) is 23.8. The second-order valence-corrected chi connectivity index (χ2v) is 9.19. The fourth-order valence-corrected chi connectivity index (χ4v) is 4.79. The van der Waals surface area contributed by atoms with Crippen molar-refractivity contribution >= 4 is 23.4 Å². The molecule has 9 heteroatoms. The van der Waals surface area contributed by atoms with Gasteiger partial charge in [-0.25, -0.2) is 0 Å². The fraction of sp³-hybridized carbons (Fsp3) is 0.400. The molecule has 2 aliphatic rings. The first kappa shape index (κ1) is 22.5. The molecule has 0 N–H and O–H groups in total. The quantitative estimate of drug-likeness (QED) is 0.545. The molecule has 1 amide bonds. The molecule has 2 fully saturated rings. The number of oxazole rings is 1. The van der Waals surface area contributed by atoms with Gasteiger partial charge in [-0.15, -0.1) is 0 Å². The standard InChI is InChI=1S/C25H26ClN5O3/c26-20-5-3-18(4-6-20)17-29-11-13-30(14-12-29)24(32)19-7-9-31(10-8-19)25-21(16-27)28-23(34-25)22-2-1-15-33-22/h1-6,15,19H,7-14,17H2. The van der Waals surface area contributed by atoms with Gasteiger partial charge in [0.25, 0.3) is 5.89 Å². The van der Waals surface area contributed by atoms with Crippen LogP contribution in [0.1, 0.15) is 24.1 Å². The predicted molar refractivity (Wildman–Crippen MR) is 127 cm³/mol. The molecule has 0 atom stereocenters. The Labute approximate surface area is 203 Å². The monoisotopic (exact) mass is 479 g/mol. The summed E-state index contributed by atoms with van der Waals surface area (Å²) in [5.74, 6) is 1.47. The molecule has 3 aromatic rings. The number of benzene rings is 1. The predicted octanol–water partition coefficient (Wildman–Crippen LogP) is 4.02. The van der Waals surface area contributed by atoms with Gasteiger partial charge in [0.15, 0.2) is 5.76 Å². The highest BCUT2D eigenvalue weighted by molar-refractivity contribution is 6.30. The highest BCUT2D eigenvalue weighted by Crippen LogP contribution is 2.31. The highest BCUT2D eigenvalue weighted by atomic mass is 35.5. The van der Waals surface area contributed by atoms with Crippen LogP contribution in [0, 0.1) is 17.2 Å². The minimum absolute atomic E-state index is 0.00272. The summed E-state index contributed by atoms with van der Waals surface area (Å²) >= 11 is 5.98. The number of carbonyl (C=O) groups is 1. The Hall–Kier alpha value is -3.28. The van der Waals surface area contributed by atoms with Crippen LogP contribution in [0.4, 0.5) is 5.88 Å². The zero-order valence-electron chi connectivity index (χ0n) is 18.8. The van der Waals surface area contributed by atoms with Crippen LogP contribution in [0.15, 0.2) is 51.5 Å². The van der Waals surface area contributed by atoms with E-state index in [-0.39, 0.29) is 17.5 Å². The van der Waals surface area contributed by atoms with E-state index in [0.29, 0.717) is 30.6 Å². The molecule has 5 rings (SSSR count). The maximum absolute atomic E-state index is 13.2. The molecule has 1 aromatic carbocycles. The second-order valence-electron chi connectivity index (χ2n) is 8.75. The van der Waals surface area contributed by atoms with E-state index in [1.54, 1.807) is 18.4 Å². The SMILES string of the molecule is N#Cc1nc(-c2ccco2)oc1N1CCC(C(=O)N2CCN(Cc3ccc(Cl)cc3)CC2)CC1. The summed E-state index contributed by atoms with van der Waals surface area (Å²) < 4.78 is 11.2. The first-order chi connectivity index (χ1) is 16.6. The van der Waals surface area contributed by atoms with E-state index in [1.165, 1.54) is 5.56 Å². The van der Waals surface area contributed by atoms with Crippen molar-refractivity contribution in [1.82, 2.24) is 14.8 Å². The Balaban J connectivity index is 1.13. The molecule has 34 heavy (non-hydrogen) atoms. The smallest absolute Gasteiger partial charge is 0.266 e. The number of nitriles is 1. The van der Waals surface area contributed by atoms with Crippen LogP contribution >= 0.6 is 11.6 Å². The van der Waals surface area contributed by atoms with Crippen LogP contribution < -0.4 is 4.90 Å². The Kier molecular flexibility index (Phi) is 6.57. The summed E-state index contributed by atoms with van der Waals surface area (Å²) in [6.45, 7) is 5.40. The van der Waals surface area contributed by atoms with Crippen molar-refractivity contribution in [2.24, 2.45) is 5.92 Å². The summed E-state index contributed by atoms with van der Waals surface area (Å²) in [5, 5.41) is 10.2. The first-order valence-electron chi connectivity index (χ1n) is 11.6. The normalized spacial score (nSPS) is 17.6. The molecule has 0 aliphatic carbocycles. The van der Waals surface area contributed by atoms with Crippen LogP contribution in [0.2, 0.25) is 5.02 Å². The zero-order chi connectivity index (χ0) is 23.5. The summed E-state index contributed by atoms with van der Waals surface area (Å²) in [6, 6.07) is 13.5. The number of aromatic nitrogens is 1. The lowest BCUT2D eigenvalue weighted by Crippen LogP contribution is -2.51. The summed E-state index contributed by atoms with van der Waals surface area (Å²) in [6.07, 6.45) is 3.00. The zero-order valence-corrected chi connectivity index (χ0v) is 19.6. The molecule has 2 saturated heterocycles. The van der Waals surface area contributed by atoms with Crippen molar-refractivity contribution in [2.45, 2.75) is 19.4 Å². The topological polar surface area (TPSA) is 89.8 Å². The minimum atomic E-state index is -0.00272. The molecule has 0 saturated carbocycles. The molecule has 0 spiro atoms. The number of furan rings is 1. The number of nitrogens with zero attached hydrogens (tertiary/aromatic N) is 5. The largest absolute Gasteiger partial charge is 0.459 e. The number of piperidine rings is 1.